The number of anilines is 1. The topological polar surface area (TPSA) is 251 Å². The van der Waals surface area contributed by atoms with Crippen LogP contribution < -0.4 is 16.4 Å². The van der Waals surface area contributed by atoms with Crippen LogP contribution in [0, 0.1) is 0 Å². The van der Waals surface area contributed by atoms with Crippen molar-refractivity contribution < 1.29 is 38.4 Å². The van der Waals surface area contributed by atoms with E-state index in [0.717, 1.165) is 0 Å². The molecular weight excluding hydrogens is 681 g/mol. The molecule has 1 aromatic carbocycles. The fourth-order valence-electron chi connectivity index (χ4n) is 4.75. The van der Waals surface area contributed by atoms with Crippen LogP contribution in [0.5, 0.6) is 0 Å². The average molecular weight is 719 g/mol. The Hall–Kier alpha value is -4.49. The number of alkyl carbamates (subject to hydrolysis) is 2. The molecule has 20 heteroatoms. The summed E-state index contributed by atoms with van der Waals surface area (Å²) in [5.74, 6) is -0.645. The molecule has 0 spiro atoms. The Morgan fingerprint density at radius 3 is 2.73 bits per heavy atom. The number of hydrogen-bond donors (Lipinski definition) is 4. The number of benzene rings is 1. The molecule has 2 aromatic heterocycles. The van der Waals surface area contributed by atoms with E-state index in [1.54, 1.807) is 45.0 Å². The van der Waals surface area contributed by atoms with Gasteiger partial charge in [0.25, 0.3) is 0 Å². The lowest BCUT2D eigenvalue weighted by Crippen LogP contribution is -2.46. The van der Waals surface area contributed by atoms with Gasteiger partial charge in [-0.2, -0.15) is 0 Å². The van der Waals surface area contributed by atoms with Gasteiger partial charge in [0.15, 0.2) is 23.8 Å². The molecule has 3 heterocycles. The summed E-state index contributed by atoms with van der Waals surface area (Å²) in [5, 5.41) is 19.7. The number of rotatable bonds is 14. The monoisotopic (exact) mass is 718 g/mol. The van der Waals surface area contributed by atoms with E-state index in [0.29, 0.717) is 28.8 Å². The number of azide groups is 1. The van der Waals surface area contributed by atoms with Gasteiger partial charge in [0.2, 0.25) is 0 Å². The van der Waals surface area contributed by atoms with Crippen molar-refractivity contribution in [3.05, 3.63) is 52.9 Å². The van der Waals surface area contributed by atoms with Crippen molar-refractivity contribution in [1.29, 1.82) is 0 Å². The fourth-order valence-corrected chi connectivity index (χ4v) is 6.72. The molecule has 5 unspecified atom stereocenters. The second-order valence-electron chi connectivity index (χ2n) is 11.7. The zero-order valence-corrected chi connectivity index (χ0v) is 28.8. The summed E-state index contributed by atoms with van der Waals surface area (Å²) in [6.45, 7) is 5.01. The summed E-state index contributed by atoms with van der Waals surface area (Å²) in [6.07, 6.45) is 0.140. The van der Waals surface area contributed by atoms with E-state index in [1.165, 1.54) is 38.8 Å². The Morgan fingerprint density at radius 2 is 2.00 bits per heavy atom. The molecule has 0 radical (unpaired) electrons. The molecule has 18 nitrogen and oxygen atoms in total. The lowest BCUT2D eigenvalue weighted by atomic mass is 10.1. The Bertz CT molecular complexity index is 1670. The number of imidazole rings is 1. The zero-order chi connectivity index (χ0) is 35.6. The van der Waals surface area contributed by atoms with E-state index in [-0.39, 0.29) is 37.2 Å². The standard InChI is InChI=1S/C29H38N10O8S2/c1-29(2,3)47-28(43)36-19(10-9-17(49-48-4)11-32-27(42)45-12-16-7-5-6-8-18(16)37-38-31)26(41)46-20-13-44-25(22(20)40)39-15-35-21-23(30)33-14-34-24(21)39/h5-8,14-15,17,19-20,22,25,40H,9-13H2,1-4H3,(H,32,42)(H,36,43)(H2,30,33,34). The third-order valence-corrected chi connectivity index (χ3v) is 9.26. The molecule has 1 saturated heterocycles. The smallest absolute Gasteiger partial charge is 0.408 e. The van der Waals surface area contributed by atoms with Crippen molar-refractivity contribution >= 4 is 62.4 Å². The molecule has 4 rings (SSSR count). The summed E-state index contributed by atoms with van der Waals surface area (Å²) in [5.41, 5.74) is 15.4. The molecule has 2 amide bonds. The Labute approximate surface area is 289 Å². The number of amides is 2. The van der Waals surface area contributed by atoms with Crippen LogP contribution in [0.2, 0.25) is 0 Å². The Balaban J connectivity index is 1.37. The summed E-state index contributed by atoms with van der Waals surface area (Å²) in [6, 6.07) is 5.58. The summed E-state index contributed by atoms with van der Waals surface area (Å²) < 4.78 is 23.6. The first-order chi connectivity index (χ1) is 23.4. The molecule has 49 heavy (non-hydrogen) atoms. The van der Waals surface area contributed by atoms with E-state index < -0.39 is 48.2 Å². The van der Waals surface area contributed by atoms with Crippen molar-refractivity contribution in [1.82, 2.24) is 30.2 Å². The van der Waals surface area contributed by atoms with Crippen LogP contribution in [0.4, 0.5) is 21.1 Å². The second kappa shape index (κ2) is 17.3. The first kappa shape index (κ1) is 37.3. The third-order valence-electron chi connectivity index (χ3n) is 7.00. The number of nitrogens with one attached hydrogen (secondary N) is 2. The highest BCUT2D eigenvalue weighted by Gasteiger charge is 2.42. The minimum atomic E-state index is -1.30. The lowest BCUT2D eigenvalue weighted by molar-refractivity contribution is -0.156. The average Bonchev–Trinajstić information content (AvgIpc) is 3.64. The number of esters is 1. The Morgan fingerprint density at radius 1 is 1.22 bits per heavy atom. The second-order valence-corrected chi connectivity index (χ2v) is 14.5. The molecule has 3 aromatic rings. The van der Waals surface area contributed by atoms with Gasteiger partial charge in [-0.15, -0.1) is 0 Å². The highest BCUT2D eigenvalue weighted by Crippen LogP contribution is 2.31. The van der Waals surface area contributed by atoms with Crippen molar-refractivity contribution in [2.45, 2.75) is 75.5 Å². The predicted molar refractivity (Wildman–Crippen MR) is 181 cm³/mol. The van der Waals surface area contributed by atoms with E-state index in [4.69, 9.17) is 30.2 Å². The van der Waals surface area contributed by atoms with E-state index in [1.807, 2.05) is 6.26 Å². The molecule has 5 atom stereocenters. The van der Waals surface area contributed by atoms with Gasteiger partial charge in [-0.05, 0) is 51.0 Å². The van der Waals surface area contributed by atoms with Crippen LogP contribution in [0.25, 0.3) is 21.6 Å². The van der Waals surface area contributed by atoms with Crippen molar-refractivity contribution in [3.8, 4) is 0 Å². The zero-order valence-electron chi connectivity index (χ0n) is 27.2. The van der Waals surface area contributed by atoms with Gasteiger partial charge in [-0.25, -0.2) is 29.3 Å². The highest BCUT2D eigenvalue weighted by molar-refractivity contribution is 8.76. The van der Waals surface area contributed by atoms with Crippen LogP contribution in [0.3, 0.4) is 0 Å². The minimum Gasteiger partial charge on any atom is -0.455 e. The highest BCUT2D eigenvalue weighted by atomic mass is 33.1. The molecule has 0 saturated carbocycles. The maximum Gasteiger partial charge on any atom is 0.408 e. The van der Waals surface area contributed by atoms with Crippen LogP contribution in [-0.4, -0.2) is 91.3 Å². The van der Waals surface area contributed by atoms with Gasteiger partial charge in [0.1, 0.15) is 36.2 Å². The van der Waals surface area contributed by atoms with Crippen LogP contribution >= 0.6 is 21.6 Å². The number of aliphatic hydroxyl groups is 1. The summed E-state index contributed by atoms with van der Waals surface area (Å²) in [7, 11) is 2.93. The first-order valence-electron chi connectivity index (χ1n) is 15.1. The van der Waals surface area contributed by atoms with Crippen LogP contribution in [0.1, 0.15) is 45.4 Å². The first-order valence-corrected chi connectivity index (χ1v) is 17.7. The van der Waals surface area contributed by atoms with Gasteiger partial charge >= 0.3 is 18.2 Å². The number of nitrogens with zero attached hydrogens (tertiary/aromatic N) is 7. The molecular formula is C29H38N10O8S2. The molecule has 1 aliphatic rings. The number of aromatic nitrogens is 4. The quantitative estimate of drug-likeness (QED) is 0.0457. The lowest BCUT2D eigenvalue weighted by Gasteiger charge is -2.25. The summed E-state index contributed by atoms with van der Waals surface area (Å²) in [4.78, 5) is 53.7. The van der Waals surface area contributed by atoms with Crippen LogP contribution in [-0.2, 0) is 30.3 Å². The maximum atomic E-state index is 13.5. The number of fused-ring (bicyclic) bond motifs is 1. The van der Waals surface area contributed by atoms with Crippen molar-refractivity contribution in [2.24, 2.45) is 5.11 Å². The van der Waals surface area contributed by atoms with Crippen LogP contribution in [0.15, 0.2) is 42.0 Å². The van der Waals surface area contributed by atoms with Gasteiger partial charge in [0, 0.05) is 22.4 Å². The number of aliphatic hydroxyl groups excluding tert-OH is 1. The number of carbonyl (C=O) groups is 3. The molecule has 1 aliphatic heterocycles. The van der Waals surface area contributed by atoms with Gasteiger partial charge < -0.3 is 40.4 Å². The SMILES string of the molecule is CSSC(CCC(NC(=O)OC(C)(C)C)C(=O)OC1COC(n2cnc3c(N)ncnc32)C1O)CNC(=O)OCc1ccccc1N=[N+]=[N-]. The third kappa shape index (κ3) is 10.5. The normalized spacial score (nSPS) is 18.6. The van der Waals surface area contributed by atoms with E-state index in [2.05, 4.69) is 35.6 Å². The summed E-state index contributed by atoms with van der Waals surface area (Å²) >= 11 is 0. The van der Waals surface area contributed by atoms with Gasteiger partial charge in [-0.1, -0.05) is 51.0 Å². The fraction of sp³-hybridized carbons (Fsp3) is 0.517. The maximum absolute atomic E-state index is 13.5. The Kier molecular flexibility index (Phi) is 13.1. The number of nitrogens with two attached hydrogens (primary N) is 1. The molecule has 0 aliphatic carbocycles. The number of ether oxygens (including phenoxy) is 4. The number of hydrogen-bond acceptors (Lipinski definition) is 15. The van der Waals surface area contributed by atoms with Gasteiger partial charge in [-0.3, -0.25) is 4.57 Å². The van der Waals surface area contributed by atoms with Gasteiger partial charge in [0.05, 0.1) is 12.9 Å². The van der Waals surface area contributed by atoms with Crippen molar-refractivity contribution in [2.75, 3.05) is 25.1 Å². The minimum absolute atomic E-state index is 0.106. The largest absolute Gasteiger partial charge is 0.455 e. The molecule has 1 fully saturated rings. The molecule has 264 valence electrons. The molecule has 0 bridgehead atoms. The van der Waals surface area contributed by atoms with Crippen molar-refractivity contribution in [3.63, 3.8) is 0 Å². The van der Waals surface area contributed by atoms with E-state index >= 15 is 0 Å². The number of carbonyl (C=O) groups excluding carboxylic acids is 3. The number of nitrogen functional groups attached to an aromatic ring is 1. The van der Waals surface area contributed by atoms with E-state index in [9.17, 15) is 19.5 Å². The molecule has 5 N–H and O–H groups in total. The predicted octanol–water partition coefficient (Wildman–Crippen LogP) is 4.13.